The van der Waals surface area contributed by atoms with E-state index in [1.54, 1.807) is 6.07 Å². The van der Waals surface area contributed by atoms with Crippen LogP contribution < -0.4 is 10.1 Å². The number of halogens is 2. The topological polar surface area (TPSA) is 47.6 Å². The highest BCUT2D eigenvalue weighted by Crippen LogP contribution is 2.29. The van der Waals surface area contributed by atoms with Crippen LogP contribution in [0.15, 0.2) is 34.8 Å². The summed E-state index contributed by atoms with van der Waals surface area (Å²) in [5, 5.41) is 3.94. The maximum absolute atomic E-state index is 11.9. The molecule has 0 fully saturated rings. The van der Waals surface area contributed by atoms with E-state index < -0.39 is 0 Å². The number of benzene rings is 2. The maximum atomic E-state index is 11.9. The Hall–Kier alpha value is -1.72. The quantitative estimate of drug-likeness (QED) is 0.536. The first kappa shape index (κ1) is 18.6. The molecule has 0 aliphatic rings. The Balaban J connectivity index is 2.01. The van der Waals surface area contributed by atoms with E-state index in [2.05, 4.69) is 21.2 Å². The SMILES string of the molecule is COC(=O)c1cc(C)cc(Br)c1NCCOc1ccc(Cl)c(C)c1. The molecule has 0 radical (unpaired) electrons. The Labute approximate surface area is 155 Å². The highest BCUT2D eigenvalue weighted by molar-refractivity contribution is 9.10. The minimum Gasteiger partial charge on any atom is -0.492 e. The molecule has 128 valence electrons. The summed E-state index contributed by atoms with van der Waals surface area (Å²) in [5.41, 5.74) is 3.13. The Morgan fingerprint density at radius 2 is 2.00 bits per heavy atom. The number of aryl methyl sites for hydroxylation is 2. The molecule has 0 spiro atoms. The van der Waals surface area contributed by atoms with E-state index in [0.29, 0.717) is 29.4 Å². The zero-order valence-corrected chi connectivity index (χ0v) is 16.1. The van der Waals surface area contributed by atoms with E-state index in [1.807, 2.05) is 38.1 Å². The van der Waals surface area contributed by atoms with Crippen molar-refractivity contribution >= 4 is 39.2 Å². The zero-order chi connectivity index (χ0) is 17.7. The van der Waals surface area contributed by atoms with Gasteiger partial charge in [-0.1, -0.05) is 11.6 Å². The number of ether oxygens (including phenoxy) is 2. The molecular weight excluding hydrogens is 394 g/mol. The van der Waals surface area contributed by atoms with Crippen LogP contribution >= 0.6 is 27.5 Å². The lowest BCUT2D eigenvalue weighted by Crippen LogP contribution is -2.15. The Morgan fingerprint density at radius 1 is 1.25 bits per heavy atom. The fourth-order valence-electron chi connectivity index (χ4n) is 2.24. The third-order valence-corrected chi connectivity index (χ3v) is 4.49. The van der Waals surface area contributed by atoms with Crippen molar-refractivity contribution in [1.29, 1.82) is 0 Å². The van der Waals surface area contributed by atoms with Crippen LogP contribution in [-0.2, 0) is 4.74 Å². The fourth-order valence-corrected chi connectivity index (χ4v) is 3.08. The third-order valence-electron chi connectivity index (χ3n) is 3.44. The standard InChI is InChI=1S/C18H19BrClNO3/c1-11-8-14(18(22)23-3)17(15(19)9-11)21-6-7-24-13-4-5-16(20)12(2)10-13/h4-5,8-10,21H,6-7H2,1-3H3. The molecule has 0 atom stereocenters. The third kappa shape index (κ3) is 4.65. The lowest BCUT2D eigenvalue weighted by Gasteiger charge is -2.14. The predicted octanol–water partition coefficient (Wildman–Crippen LogP) is 5.00. The Kier molecular flexibility index (Phi) is 6.52. The molecular formula is C18H19BrClNO3. The molecule has 24 heavy (non-hydrogen) atoms. The minimum atomic E-state index is -0.379. The van der Waals surface area contributed by atoms with Crippen molar-refractivity contribution < 1.29 is 14.3 Å². The van der Waals surface area contributed by atoms with Gasteiger partial charge in [0, 0.05) is 16.0 Å². The van der Waals surface area contributed by atoms with E-state index in [0.717, 1.165) is 21.3 Å². The van der Waals surface area contributed by atoms with Gasteiger partial charge in [-0.3, -0.25) is 0 Å². The van der Waals surface area contributed by atoms with Gasteiger partial charge >= 0.3 is 5.97 Å². The largest absolute Gasteiger partial charge is 0.492 e. The van der Waals surface area contributed by atoms with E-state index in [9.17, 15) is 4.79 Å². The number of hydrogen-bond acceptors (Lipinski definition) is 4. The van der Waals surface area contributed by atoms with Crippen LogP contribution in [-0.4, -0.2) is 26.2 Å². The number of hydrogen-bond donors (Lipinski definition) is 1. The molecule has 0 unspecified atom stereocenters. The highest BCUT2D eigenvalue weighted by atomic mass is 79.9. The van der Waals surface area contributed by atoms with E-state index in [4.69, 9.17) is 21.1 Å². The predicted molar refractivity (Wildman–Crippen MR) is 100 cm³/mol. The summed E-state index contributed by atoms with van der Waals surface area (Å²) in [6, 6.07) is 9.27. The second-order valence-electron chi connectivity index (χ2n) is 5.35. The van der Waals surface area contributed by atoms with Crippen molar-refractivity contribution in [2.75, 3.05) is 25.6 Å². The van der Waals surface area contributed by atoms with Gasteiger partial charge in [-0.15, -0.1) is 0 Å². The molecule has 2 aromatic rings. The van der Waals surface area contributed by atoms with Gasteiger partial charge < -0.3 is 14.8 Å². The molecule has 0 amide bonds. The molecule has 0 aliphatic heterocycles. The molecule has 0 bridgehead atoms. The molecule has 0 saturated heterocycles. The summed E-state index contributed by atoms with van der Waals surface area (Å²) in [7, 11) is 1.37. The molecule has 0 heterocycles. The van der Waals surface area contributed by atoms with Gasteiger partial charge in [0.15, 0.2) is 0 Å². The maximum Gasteiger partial charge on any atom is 0.340 e. The van der Waals surface area contributed by atoms with Crippen molar-refractivity contribution in [3.63, 3.8) is 0 Å². The van der Waals surface area contributed by atoms with Gasteiger partial charge in [0.2, 0.25) is 0 Å². The number of anilines is 1. The van der Waals surface area contributed by atoms with Gasteiger partial charge in [0.25, 0.3) is 0 Å². The van der Waals surface area contributed by atoms with Gasteiger partial charge in [-0.2, -0.15) is 0 Å². The lowest BCUT2D eigenvalue weighted by atomic mass is 10.1. The number of carbonyl (C=O) groups excluding carboxylic acids is 1. The molecule has 4 nitrogen and oxygen atoms in total. The van der Waals surface area contributed by atoms with Crippen molar-refractivity contribution in [3.05, 3.63) is 56.5 Å². The smallest absolute Gasteiger partial charge is 0.340 e. The molecule has 0 saturated carbocycles. The van der Waals surface area contributed by atoms with Crippen molar-refractivity contribution in [2.24, 2.45) is 0 Å². The van der Waals surface area contributed by atoms with Crippen LogP contribution in [0, 0.1) is 13.8 Å². The minimum absolute atomic E-state index is 0.379. The van der Waals surface area contributed by atoms with Crippen LogP contribution in [0.1, 0.15) is 21.5 Å². The summed E-state index contributed by atoms with van der Waals surface area (Å²) in [5.74, 6) is 0.381. The van der Waals surface area contributed by atoms with Gasteiger partial charge in [0.05, 0.1) is 18.4 Å². The molecule has 6 heteroatoms. The average Bonchev–Trinajstić information content (AvgIpc) is 2.55. The summed E-state index contributed by atoms with van der Waals surface area (Å²) < 4.78 is 11.4. The van der Waals surface area contributed by atoms with Crippen LogP contribution in [0.3, 0.4) is 0 Å². The van der Waals surface area contributed by atoms with Crippen molar-refractivity contribution in [3.8, 4) is 5.75 Å². The summed E-state index contributed by atoms with van der Waals surface area (Å²) >= 11 is 9.48. The molecule has 2 rings (SSSR count). The van der Waals surface area contributed by atoms with Crippen LogP contribution in [0.5, 0.6) is 5.75 Å². The van der Waals surface area contributed by atoms with Crippen molar-refractivity contribution in [2.45, 2.75) is 13.8 Å². The van der Waals surface area contributed by atoms with Crippen LogP contribution in [0.25, 0.3) is 0 Å². The second kappa shape index (κ2) is 8.40. The highest BCUT2D eigenvalue weighted by Gasteiger charge is 2.15. The van der Waals surface area contributed by atoms with E-state index in [-0.39, 0.29) is 5.97 Å². The normalized spacial score (nSPS) is 10.4. The Bertz CT molecular complexity index is 749. The molecule has 1 N–H and O–H groups in total. The first-order chi connectivity index (χ1) is 11.4. The molecule has 2 aromatic carbocycles. The van der Waals surface area contributed by atoms with Crippen LogP contribution in [0.2, 0.25) is 5.02 Å². The molecule has 0 aliphatic carbocycles. The average molecular weight is 413 g/mol. The van der Waals surface area contributed by atoms with Crippen molar-refractivity contribution in [1.82, 2.24) is 0 Å². The number of esters is 1. The summed E-state index contributed by atoms with van der Waals surface area (Å²) in [6.45, 7) is 4.84. The summed E-state index contributed by atoms with van der Waals surface area (Å²) in [4.78, 5) is 11.9. The summed E-state index contributed by atoms with van der Waals surface area (Å²) in [6.07, 6.45) is 0. The first-order valence-electron chi connectivity index (χ1n) is 7.43. The van der Waals surface area contributed by atoms with Gasteiger partial charge in [0.1, 0.15) is 12.4 Å². The number of nitrogens with one attached hydrogen (secondary N) is 1. The fraction of sp³-hybridized carbons (Fsp3) is 0.278. The second-order valence-corrected chi connectivity index (χ2v) is 6.61. The monoisotopic (exact) mass is 411 g/mol. The lowest BCUT2D eigenvalue weighted by molar-refractivity contribution is 0.0601. The molecule has 0 aromatic heterocycles. The number of carbonyl (C=O) groups is 1. The van der Waals surface area contributed by atoms with Crippen LogP contribution in [0.4, 0.5) is 5.69 Å². The Morgan fingerprint density at radius 3 is 2.67 bits per heavy atom. The van der Waals surface area contributed by atoms with E-state index in [1.165, 1.54) is 7.11 Å². The van der Waals surface area contributed by atoms with Gasteiger partial charge in [-0.05, 0) is 71.2 Å². The zero-order valence-electron chi connectivity index (χ0n) is 13.8. The van der Waals surface area contributed by atoms with Gasteiger partial charge in [-0.25, -0.2) is 4.79 Å². The van der Waals surface area contributed by atoms with E-state index >= 15 is 0 Å². The number of rotatable bonds is 6. The first-order valence-corrected chi connectivity index (χ1v) is 8.60. The number of methoxy groups -OCH3 is 1.